The Morgan fingerprint density at radius 2 is 1.85 bits per heavy atom. The van der Waals surface area contributed by atoms with Crippen molar-refractivity contribution in [1.29, 1.82) is 0 Å². The van der Waals surface area contributed by atoms with Crippen LogP contribution in [0.25, 0.3) is 0 Å². The maximum Gasteiger partial charge on any atom is 0.279 e. The number of nitrogens with one attached hydrogen (secondary N) is 2. The average molecular weight is 305 g/mol. The lowest BCUT2D eigenvalue weighted by Crippen LogP contribution is -2.55. The summed E-state index contributed by atoms with van der Waals surface area (Å²) >= 11 is 0. The molecule has 0 atom stereocenters. The number of nitrogens with zero attached hydrogens (tertiary/aromatic N) is 1. The zero-order chi connectivity index (χ0) is 14.6. The van der Waals surface area contributed by atoms with Crippen molar-refractivity contribution in [3.8, 4) is 0 Å². The number of hydrogen-bond acceptors (Lipinski definition) is 4. The minimum absolute atomic E-state index is 0.362. The van der Waals surface area contributed by atoms with Gasteiger partial charge in [-0.15, -0.1) is 0 Å². The molecule has 2 rings (SSSR count). The van der Waals surface area contributed by atoms with Gasteiger partial charge in [0.05, 0.1) is 0 Å². The predicted octanol–water partition coefficient (Wildman–Crippen LogP) is 0.321. The van der Waals surface area contributed by atoms with Gasteiger partial charge in [0.2, 0.25) is 0 Å². The summed E-state index contributed by atoms with van der Waals surface area (Å²) in [5, 5.41) is 3.17. The van der Waals surface area contributed by atoms with Crippen molar-refractivity contribution in [2.24, 2.45) is 5.92 Å². The number of ether oxygens (including phenoxy) is 1. The van der Waals surface area contributed by atoms with Gasteiger partial charge in [-0.2, -0.15) is 17.4 Å². The zero-order valence-corrected chi connectivity index (χ0v) is 13.3. The lowest BCUT2D eigenvalue weighted by Gasteiger charge is -2.38. The highest BCUT2D eigenvalue weighted by atomic mass is 32.2. The van der Waals surface area contributed by atoms with E-state index in [1.807, 2.05) is 14.0 Å². The first-order valence-corrected chi connectivity index (χ1v) is 8.91. The SMILES string of the molecule is CNCC1CCN(S(=O)(=O)NC2(C)CCOCC2)CC1. The normalized spacial score (nSPS) is 25.7. The van der Waals surface area contributed by atoms with Gasteiger partial charge < -0.3 is 10.1 Å². The summed E-state index contributed by atoms with van der Waals surface area (Å²) in [6.45, 7) is 5.44. The molecule has 2 fully saturated rings. The minimum Gasteiger partial charge on any atom is -0.381 e. The third-order valence-corrected chi connectivity index (χ3v) is 6.17. The van der Waals surface area contributed by atoms with Crippen molar-refractivity contribution >= 4 is 10.2 Å². The molecule has 0 bridgehead atoms. The Morgan fingerprint density at radius 3 is 2.40 bits per heavy atom. The molecule has 0 amide bonds. The summed E-state index contributed by atoms with van der Waals surface area (Å²) in [6.07, 6.45) is 3.34. The smallest absolute Gasteiger partial charge is 0.279 e. The topological polar surface area (TPSA) is 70.7 Å². The summed E-state index contributed by atoms with van der Waals surface area (Å²) < 4.78 is 34.8. The van der Waals surface area contributed by atoms with Crippen LogP contribution in [0.4, 0.5) is 0 Å². The van der Waals surface area contributed by atoms with Crippen LogP contribution in [-0.2, 0) is 14.9 Å². The van der Waals surface area contributed by atoms with E-state index in [0.29, 0.717) is 32.2 Å². The molecule has 0 radical (unpaired) electrons. The maximum atomic E-state index is 12.5. The highest BCUT2D eigenvalue weighted by Crippen LogP contribution is 2.24. The Balaban J connectivity index is 1.90. The second-order valence-corrected chi connectivity index (χ2v) is 7.85. The number of piperidine rings is 1. The van der Waals surface area contributed by atoms with Crippen LogP contribution in [-0.4, -0.2) is 58.2 Å². The molecule has 0 aromatic carbocycles. The van der Waals surface area contributed by atoms with Crippen LogP contribution in [0.5, 0.6) is 0 Å². The quantitative estimate of drug-likeness (QED) is 0.767. The Labute approximate surface area is 122 Å². The molecule has 0 saturated carbocycles. The van der Waals surface area contributed by atoms with Crippen molar-refractivity contribution < 1.29 is 13.2 Å². The van der Waals surface area contributed by atoms with E-state index in [-0.39, 0.29) is 5.54 Å². The second kappa shape index (κ2) is 6.70. The minimum atomic E-state index is -3.37. The Morgan fingerprint density at radius 1 is 1.25 bits per heavy atom. The Bertz CT molecular complexity index is 399. The predicted molar refractivity (Wildman–Crippen MR) is 78.7 cm³/mol. The lowest BCUT2D eigenvalue weighted by molar-refractivity contribution is 0.0529. The van der Waals surface area contributed by atoms with Gasteiger partial charge in [0.25, 0.3) is 10.2 Å². The van der Waals surface area contributed by atoms with Crippen LogP contribution in [0.3, 0.4) is 0 Å². The van der Waals surface area contributed by atoms with Gasteiger partial charge in [-0.1, -0.05) is 0 Å². The Kier molecular flexibility index (Phi) is 5.42. The Hall–Kier alpha value is -0.210. The first kappa shape index (κ1) is 16.2. The molecule has 0 aromatic rings. The summed E-state index contributed by atoms with van der Waals surface area (Å²) in [5.74, 6) is 0.588. The number of rotatable bonds is 5. The third-order valence-electron chi connectivity index (χ3n) is 4.38. The summed E-state index contributed by atoms with van der Waals surface area (Å²) in [4.78, 5) is 0. The molecule has 0 spiro atoms. The van der Waals surface area contributed by atoms with E-state index in [9.17, 15) is 8.42 Å². The van der Waals surface area contributed by atoms with Gasteiger partial charge in [0.1, 0.15) is 0 Å². The molecular weight excluding hydrogens is 278 g/mol. The highest BCUT2D eigenvalue weighted by molar-refractivity contribution is 7.87. The first-order valence-electron chi connectivity index (χ1n) is 7.47. The van der Waals surface area contributed by atoms with Gasteiger partial charge in [-0.25, -0.2) is 0 Å². The first-order chi connectivity index (χ1) is 9.45. The van der Waals surface area contributed by atoms with E-state index in [0.717, 1.165) is 32.2 Å². The van der Waals surface area contributed by atoms with Crippen LogP contribution in [0, 0.1) is 5.92 Å². The standard InChI is InChI=1S/C13H27N3O3S/c1-13(5-9-19-10-6-13)15-20(17,18)16-7-3-12(4-8-16)11-14-2/h12,14-15H,3-11H2,1-2H3. The van der Waals surface area contributed by atoms with Crippen molar-refractivity contribution in [3.63, 3.8) is 0 Å². The average Bonchev–Trinajstić information content (AvgIpc) is 2.39. The van der Waals surface area contributed by atoms with Crippen molar-refractivity contribution in [2.45, 2.75) is 38.1 Å². The van der Waals surface area contributed by atoms with Crippen LogP contribution in [0.15, 0.2) is 0 Å². The van der Waals surface area contributed by atoms with E-state index in [2.05, 4.69) is 10.0 Å². The fourth-order valence-corrected chi connectivity index (χ4v) is 4.59. The lowest BCUT2D eigenvalue weighted by atomic mass is 9.94. The zero-order valence-electron chi connectivity index (χ0n) is 12.5. The van der Waals surface area contributed by atoms with Gasteiger partial charge in [0.15, 0.2) is 0 Å². The summed E-state index contributed by atoms with van der Waals surface area (Å²) in [7, 11) is -1.43. The van der Waals surface area contributed by atoms with Crippen molar-refractivity contribution in [3.05, 3.63) is 0 Å². The molecule has 0 unspecified atom stereocenters. The molecule has 20 heavy (non-hydrogen) atoms. The monoisotopic (exact) mass is 305 g/mol. The molecule has 2 aliphatic rings. The molecule has 2 saturated heterocycles. The van der Waals surface area contributed by atoms with Gasteiger partial charge in [-0.05, 0) is 52.1 Å². The van der Waals surface area contributed by atoms with Crippen LogP contribution in [0.1, 0.15) is 32.6 Å². The van der Waals surface area contributed by atoms with E-state index < -0.39 is 10.2 Å². The van der Waals surface area contributed by atoms with Crippen LogP contribution >= 0.6 is 0 Å². The summed E-state index contributed by atoms with van der Waals surface area (Å²) in [6, 6.07) is 0. The molecule has 2 N–H and O–H groups in total. The molecule has 118 valence electrons. The molecule has 7 heteroatoms. The molecule has 2 heterocycles. The molecular formula is C13H27N3O3S. The number of hydrogen-bond donors (Lipinski definition) is 2. The highest BCUT2D eigenvalue weighted by Gasteiger charge is 2.36. The van der Waals surface area contributed by atoms with Gasteiger partial charge in [0, 0.05) is 31.8 Å². The van der Waals surface area contributed by atoms with Crippen LogP contribution in [0.2, 0.25) is 0 Å². The fourth-order valence-electron chi connectivity index (χ4n) is 2.94. The van der Waals surface area contributed by atoms with Gasteiger partial charge >= 0.3 is 0 Å². The summed E-state index contributed by atoms with van der Waals surface area (Å²) in [5.41, 5.74) is -0.362. The second-order valence-electron chi connectivity index (χ2n) is 6.18. The van der Waals surface area contributed by atoms with Crippen molar-refractivity contribution in [1.82, 2.24) is 14.3 Å². The fraction of sp³-hybridized carbons (Fsp3) is 1.00. The van der Waals surface area contributed by atoms with Crippen molar-refractivity contribution in [2.75, 3.05) is 39.9 Å². The van der Waals surface area contributed by atoms with Crippen LogP contribution < -0.4 is 10.0 Å². The molecule has 2 aliphatic heterocycles. The van der Waals surface area contributed by atoms with E-state index >= 15 is 0 Å². The van der Waals surface area contributed by atoms with Gasteiger partial charge in [-0.3, -0.25) is 0 Å². The van der Waals surface area contributed by atoms with E-state index in [1.54, 1.807) is 4.31 Å². The molecule has 0 aliphatic carbocycles. The maximum absolute atomic E-state index is 12.5. The van der Waals surface area contributed by atoms with E-state index in [1.165, 1.54) is 0 Å². The third kappa shape index (κ3) is 4.14. The van der Waals surface area contributed by atoms with E-state index in [4.69, 9.17) is 4.74 Å². The largest absolute Gasteiger partial charge is 0.381 e. The molecule has 0 aromatic heterocycles. The molecule has 6 nitrogen and oxygen atoms in total.